The summed E-state index contributed by atoms with van der Waals surface area (Å²) in [6, 6.07) is 12.5. The van der Waals surface area contributed by atoms with Crippen molar-refractivity contribution in [3.63, 3.8) is 0 Å². The van der Waals surface area contributed by atoms with Gasteiger partial charge in [0.15, 0.2) is 0 Å². The lowest BCUT2D eigenvalue weighted by molar-refractivity contribution is -0.156. The van der Waals surface area contributed by atoms with E-state index in [1.165, 1.54) is 5.56 Å². The zero-order chi connectivity index (χ0) is 21.9. The summed E-state index contributed by atoms with van der Waals surface area (Å²) in [5, 5.41) is 10.3. The van der Waals surface area contributed by atoms with Crippen LogP contribution in [0.2, 0.25) is 0 Å². The molecular weight excluding hydrogens is 380 g/mol. The van der Waals surface area contributed by atoms with Crippen LogP contribution in [0.15, 0.2) is 42.5 Å². The van der Waals surface area contributed by atoms with E-state index in [2.05, 4.69) is 10.2 Å². The molecule has 2 aromatic rings. The van der Waals surface area contributed by atoms with E-state index in [1.807, 2.05) is 39.0 Å². The SMILES string of the molecule is CC(C)(C)OC(=O)CN1CCc2ccc(NC(=O)c3ccc(C(=N)N)cc3)cc2C1. The molecule has 1 aliphatic heterocycles. The molecule has 0 spiro atoms. The number of amides is 1. The zero-order valence-electron chi connectivity index (χ0n) is 17.6. The number of rotatable bonds is 5. The number of ether oxygens (including phenoxy) is 1. The largest absolute Gasteiger partial charge is 0.459 e. The number of fused-ring (bicyclic) bond motifs is 1. The Balaban J connectivity index is 1.65. The number of nitrogens with one attached hydrogen (secondary N) is 2. The first kappa shape index (κ1) is 21.5. The van der Waals surface area contributed by atoms with E-state index in [1.54, 1.807) is 24.3 Å². The quantitative estimate of drug-likeness (QED) is 0.400. The Kier molecular flexibility index (Phi) is 6.22. The second kappa shape index (κ2) is 8.67. The van der Waals surface area contributed by atoms with Gasteiger partial charge in [-0.05, 0) is 62.6 Å². The Morgan fingerprint density at radius 1 is 1.10 bits per heavy atom. The molecule has 4 N–H and O–H groups in total. The number of nitrogen functional groups attached to an aromatic ring is 1. The van der Waals surface area contributed by atoms with Crippen LogP contribution in [0, 0.1) is 5.41 Å². The molecule has 1 amide bonds. The molecule has 7 nitrogen and oxygen atoms in total. The summed E-state index contributed by atoms with van der Waals surface area (Å²) >= 11 is 0. The number of benzene rings is 2. The maximum Gasteiger partial charge on any atom is 0.320 e. The Bertz CT molecular complexity index is 961. The second-order valence-corrected chi connectivity index (χ2v) is 8.48. The molecule has 3 rings (SSSR count). The predicted molar refractivity (Wildman–Crippen MR) is 117 cm³/mol. The summed E-state index contributed by atoms with van der Waals surface area (Å²) < 4.78 is 5.42. The highest BCUT2D eigenvalue weighted by Gasteiger charge is 2.22. The maximum atomic E-state index is 12.5. The molecule has 158 valence electrons. The van der Waals surface area contributed by atoms with Crippen molar-refractivity contribution >= 4 is 23.4 Å². The summed E-state index contributed by atoms with van der Waals surface area (Å²) in [7, 11) is 0. The monoisotopic (exact) mass is 408 g/mol. The van der Waals surface area contributed by atoms with Gasteiger partial charge in [0.25, 0.3) is 5.91 Å². The molecule has 1 heterocycles. The molecule has 1 aliphatic rings. The molecule has 7 heteroatoms. The molecule has 0 atom stereocenters. The number of anilines is 1. The van der Waals surface area contributed by atoms with Gasteiger partial charge >= 0.3 is 5.97 Å². The summed E-state index contributed by atoms with van der Waals surface area (Å²) in [5.41, 5.74) is 9.03. The van der Waals surface area contributed by atoms with E-state index in [-0.39, 0.29) is 24.3 Å². The maximum absolute atomic E-state index is 12.5. The number of nitrogens with zero attached hydrogens (tertiary/aromatic N) is 1. The molecule has 2 aromatic carbocycles. The van der Waals surface area contributed by atoms with Crippen molar-refractivity contribution in [2.24, 2.45) is 5.73 Å². The van der Waals surface area contributed by atoms with Crippen LogP contribution in [0.1, 0.15) is 47.8 Å². The molecule has 0 aromatic heterocycles. The number of hydrogen-bond acceptors (Lipinski definition) is 5. The van der Waals surface area contributed by atoms with Crippen LogP contribution < -0.4 is 11.1 Å². The molecule has 0 unspecified atom stereocenters. The van der Waals surface area contributed by atoms with Gasteiger partial charge in [-0.1, -0.05) is 18.2 Å². The minimum atomic E-state index is -0.495. The first-order chi connectivity index (χ1) is 14.1. The first-order valence-electron chi connectivity index (χ1n) is 9.92. The van der Waals surface area contributed by atoms with Crippen LogP contribution in [0.5, 0.6) is 0 Å². The molecular formula is C23H28N4O3. The lowest BCUT2D eigenvalue weighted by Crippen LogP contribution is -2.38. The summed E-state index contributed by atoms with van der Waals surface area (Å²) in [6.07, 6.45) is 0.846. The van der Waals surface area contributed by atoms with Gasteiger partial charge in [0.2, 0.25) is 0 Å². The smallest absolute Gasteiger partial charge is 0.320 e. The van der Waals surface area contributed by atoms with Gasteiger partial charge in [0.1, 0.15) is 11.4 Å². The molecule has 30 heavy (non-hydrogen) atoms. The number of nitrogens with two attached hydrogens (primary N) is 1. The lowest BCUT2D eigenvalue weighted by Gasteiger charge is -2.29. The highest BCUT2D eigenvalue weighted by Crippen LogP contribution is 2.23. The fraction of sp³-hybridized carbons (Fsp3) is 0.348. The van der Waals surface area contributed by atoms with Gasteiger partial charge in [-0.2, -0.15) is 0 Å². The van der Waals surface area contributed by atoms with E-state index in [4.69, 9.17) is 15.9 Å². The Hall–Kier alpha value is -3.19. The Morgan fingerprint density at radius 2 is 1.77 bits per heavy atom. The van der Waals surface area contributed by atoms with Crippen LogP contribution >= 0.6 is 0 Å². The number of carbonyl (C=O) groups is 2. The van der Waals surface area contributed by atoms with E-state index in [9.17, 15) is 9.59 Å². The van der Waals surface area contributed by atoms with Gasteiger partial charge in [-0.25, -0.2) is 0 Å². The van der Waals surface area contributed by atoms with Crippen molar-refractivity contribution in [1.29, 1.82) is 5.41 Å². The van der Waals surface area contributed by atoms with Crippen LogP contribution in [-0.2, 0) is 22.5 Å². The van der Waals surface area contributed by atoms with Crippen molar-refractivity contribution in [3.05, 3.63) is 64.7 Å². The van der Waals surface area contributed by atoms with Crippen molar-refractivity contribution in [2.75, 3.05) is 18.4 Å². The van der Waals surface area contributed by atoms with Crippen LogP contribution in [0.3, 0.4) is 0 Å². The number of esters is 1. The van der Waals surface area contributed by atoms with Crippen LogP contribution in [-0.4, -0.2) is 41.3 Å². The van der Waals surface area contributed by atoms with Gasteiger partial charge in [0.05, 0.1) is 6.54 Å². The second-order valence-electron chi connectivity index (χ2n) is 8.48. The van der Waals surface area contributed by atoms with E-state index in [0.717, 1.165) is 18.5 Å². The van der Waals surface area contributed by atoms with Crippen molar-refractivity contribution in [3.8, 4) is 0 Å². The van der Waals surface area contributed by atoms with Gasteiger partial charge < -0.3 is 15.8 Å². The minimum Gasteiger partial charge on any atom is -0.459 e. The average molecular weight is 409 g/mol. The first-order valence-corrected chi connectivity index (χ1v) is 9.92. The summed E-state index contributed by atoms with van der Waals surface area (Å²) in [6.45, 7) is 7.25. The third-order valence-corrected chi connectivity index (χ3v) is 4.79. The fourth-order valence-electron chi connectivity index (χ4n) is 3.39. The Labute approximate surface area is 176 Å². The molecule has 0 radical (unpaired) electrons. The highest BCUT2D eigenvalue weighted by molar-refractivity contribution is 6.05. The summed E-state index contributed by atoms with van der Waals surface area (Å²) in [5.74, 6) is -0.497. The minimum absolute atomic E-state index is 0.0346. The normalized spacial score (nSPS) is 14.0. The van der Waals surface area contributed by atoms with Crippen molar-refractivity contribution in [2.45, 2.75) is 39.3 Å². The molecule has 0 aliphatic carbocycles. The predicted octanol–water partition coefficient (Wildman–Crippen LogP) is 2.92. The lowest BCUT2D eigenvalue weighted by atomic mass is 9.99. The number of hydrogen-bond donors (Lipinski definition) is 3. The third-order valence-electron chi connectivity index (χ3n) is 4.79. The van der Waals surface area contributed by atoms with E-state index >= 15 is 0 Å². The number of amidine groups is 1. The zero-order valence-corrected chi connectivity index (χ0v) is 17.6. The average Bonchev–Trinajstić information content (AvgIpc) is 2.66. The summed E-state index contributed by atoms with van der Waals surface area (Å²) in [4.78, 5) is 26.7. The van der Waals surface area contributed by atoms with Gasteiger partial charge in [-0.3, -0.25) is 19.9 Å². The van der Waals surface area contributed by atoms with E-state index in [0.29, 0.717) is 23.4 Å². The van der Waals surface area contributed by atoms with Gasteiger partial charge in [0, 0.05) is 29.9 Å². The van der Waals surface area contributed by atoms with Crippen LogP contribution in [0.25, 0.3) is 0 Å². The number of carbonyl (C=O) groups excluding carboxylic acids is 2. The molecule has 0 bridgehead atoms. The fourth-order valence-corrected chi connectivity index (χ4v) is 3.39. The third kappa shape index (κ3) is 5.67. The standard InChI is InChI=1S/C23H28N4O3/c1-23(2,3)30-20(28)14-27-11-10-15-8-9-19(12-18(15)13-27)26-22(29)17-6-4-16(5-7-17)21(24)25/h4-9,12H,10-11,13-14H2,1-3H3,(H3,24,25)(H,26,29). The van der Waals surface area contributed by atoms with Crippen molar-refractivity contribution in [1.82, 2.24) is 4.90 Å². The molecule has 0 saturated carbocycles. The van der Waals surface area contributed by atoms with E-state index < -0.39 is 5.60 Å². The van der Waals surface area contributed by atoms with Crippen LogP contribution in [0.4, 0.5) is 5.69 Å². The van der Waals surface area contributed by atoms with Gasteiger partial charge in [-0.15, -0.1) is 0 Å². The topological polar surface area (TPSA) is 109 Å². The van der Waals surface area contributed by atoms with Crippen molar-refractivity contribution < 1.29 is 14.3 Å². The molecule has 0 saturated heterocycles. The highest BCUT2D eigenvalue weighted by atomic mass is 16.6. The molecule has 0 fully saturated rings. The Morgan fingerprint density at radius 3 is 2.40 bits per heavy atom.